The van der Waals surface area contributed by atoms with Crippen LogP contribution >= 0.6 is 0 Å². The quantitative estimate of drug-likeness (QED) is 0.476. The maximum absolute atomic E-state index is 15.4. The van der Waals surface area contributed by atoms with Crippen LogP contribution in [0.1, 0.15) is 100 Å². The molecule has 1 aromatic rings. The zero-order valence-electron chi connectivity index (χ0n) is 25.3. The summed E-state index contributed by atoms with van der Waals surface area (Å²) in [7, 11) is -0.673. The molecule has 1 N–H and O–H groups in total. The minimum Gasteiger partial charge on any atom is -0.444 e. The van der Waals surface area contributed by atoms with Gasteiger partial charge >= 0.3 is 19.3 Å². The van der Waals surface area contributed by atoms with E-state index in [4.69, 9.17) is 18.8 Å². The van der Waals surface area contributed by atoms with Crippen molar-refractivity contribution >= 4 is 24.8 Å². The molecule has 3 rings (SSSR count). The van der Waals surface area contributed by atoms with Gasteiger partial charge in [0.05, 0.1) is 17.7 Å². The summed E-state index contributed by atoms with van der Waals surface area (Å²) < 4.78 is 38.6. The molecule has 0 bridgehead atoms. The van der Waals surface area contributed by atoms with Crippen LogP contribution in [0.5, 0.6) is 0 Å². The Morgan fingerprint density at radius 1 is 0.974 bits per heavy atom. The predicted octanol–water partition coefficient (Wildman–Crippen LogP) is 5.70. The van der Waals surface area contributed by atoms with E-state index < -0.39 is 47.5 Å². The Balaban J connectivity index is 1.72. The number of hydrogen-bond acceptors (Lipinski definition) is 6. The summed E-state index contributed by atoms with van der Waals surface area (Å²) >= 11 is 0. The van der Waals surface area contributed by atoms with Crippen LogP contribution in [-0.4, -0.2) is 58.7 Å². The third-order valence-electron chi connectivity index (χ3n) is 7.43. The number of halogens is 1. The third kappa shape index (κ3) is 8.33. The van der Waals surface area contributed by atoms with E-state index in [1.165, 1.54) is 6.07 Å². The third-order valence-corrected chi connectivity index (χ3v) is 7.43. The Hall–Kier alpha value is -2.33. The number of rotatable bonds is 5. The molecule has 1 aromatic carbocycles. The highest BCUT2D eigenvalue weighted by Crippen LogP contribution is 2.36. The summed E-state index contributed by atoms with van der Waals surface area (Å²) in [5.74, 6) is -0.434. The smallest absolute Gasteiger partial charge is 0.444 e. The molecule has 8 nitrogen and oxygen atoms in total. The highest BCUT2D eigenvalue weighted by Gasteiger charge is 2.51. The molecule has 0 unspecified atom stereocenters. The fourth-order valence-electron chi connectivity index (χ4n) is 4.67. The normalized spacial score (nSPS) is 22.8. The maximum Gasteiger partial charge on any atom is 0.494 e. The summed E-state index contributed by atoms with van der Waals surface area (Å²) in [6.45, 7) is 18.8. The maximum atomic E-state index is 15.4. The van der Waals surface area contributed by atoms with E-state index in [1.54, 1.807) is 17.0 Å². The second kappa shape index (κ2) is 11.3. The summed E-state index contributed by atoms with van der Waals surface area (Å²) in [5, 5.41) is 2.93. The van der Waals surface area contributed by atoms with Crippen LogP contribution in [0.4, 0.5) is 14.0 Å². The van der Waals surface area contributed by atoms with E-state index in [1.807, 2.05) is 69.2 Å². The molecule has 2 amide bonds. The summed E-state index contributed by atoms with van der Waals surface area (Å²) in [4.78, 5) is 27.1. The van der Waals surface area contributed by atoms with Crippen molar-refractivity contribution in [3.8, 4) is 0 Å². The van der Waals surface area contributed by atoms with Gasteiger partial charge < -0.3 is 29.0 Å². The monoisotopic (exact) mass is 548 g/mol. The second-order valence-electron chi connectivity index (χ2n) is 13.7. The van der Waals surface area contributed by atoms with Crippen molar-refractivity contribution in [1.82, 2.24) is 10.2 Å². The number of nitrogens with one attached hydrogen (secondary N) is 1. The van der Waals surface area contributed by atoms with Crippen LogP contribution in [0, 0.1) is 5.82 Å². The topological polar surface area (TPSA) is 86.3 Å². The average molecular weight is 549 g/mol. The van der Waals surface area contributed by atoms with Gasteiger partial charge in [0.1, 0.15) is 17.0 Å². The Bertz CT molecular complexity index is 1030. The van der Waals surface area contributed by atoms with E-state index in [2.05, 4.69) is 5.32 Å². The molecule has 0 atom stereocenters. The number of carbonyl (C=O) groups is 2. The summed E-state index contributed by atoms with van der Waals surface area (Å²) in [5.41, 5.74) is -1.35. The van der Waals surface area contributed by atoms with Gasteiger partial charge in [-0.2, -0.15) is 0 Å². The molecular weight excluding hydrogens is 502 g/mol. The van der Waals surface area contributed by atoms with Gasteiger partial charge in [-0.3, -0.25) is 0 Å². The predicted molar refractivity (Wildman–Crippen MR) is 149 cm³/mol. The standard InChI is InChI=1S/C29H46BFN2O6/c1-26(2,3)36-24(34)32-21-13-15-22(16-14-21)33(25(35)37-27(4,5)6)18-19-11-12-20(17-23(19)31)30-38-28(7,8)29(9,10)39-30/h11-12,17,21-22H,13-16,18H2,1-10H3,(H,32,34). The lowest BCUT2D eigenvalue weighted by Crippen LogP contribution is -2.48. The molecule has 1 saturated carbocycles. The summed E-state index contributed by atoms with van der Waals surface area (Å²) in [6.07, 6.45) is 1.71. The Morgan fingerprint density at radius 2 is 1.51 bits per heavy atom. The zero-order valence-corrected chi connectivity index (χ0v) is 25.3. The minimum atomic E-state index is -0.691. The minimum absolute atomic E-state index is 0.0486. The number of ether oxygens (including phenoxy) is 2. The van der Waals surface area contributed by atoms with Crippen LogP contribution < -0.4 is 10.8 Å². The second-order valence-corrected chi connectivity index (χ2v) is 13.7. The van der Waals surface area contributed by atoms with E-state index >= 15 is 4.39 Å². The van der Waals surface area contributed by atoms with Crippen molar-refractivity contribution in [3.05, 3.63) is 29.6 Å². The molecule has 0 aromatic heterocycles. The van der Waals surface area contributed by atoms with Crippen LogP contribution in [0.25, 0.3) is 0 Å². The molecule has 218 valence electrons. The SMILES string of the molecule is CC(C)(C)OC(=O)NC1CCC(N(Cc2ccc(B3OC(C)(C)C(C)(C)O3)cc2F)C(=O)OC(C)(C)C)CC1. The first-order valence-corrected chi connectivity index (χ1v) is 13.9. The van der Waals surface area contributed by atoms with Gasteiger partial charge in [-0.25, -0.2) is 14.0 Å². The van der Waals surface area contributed by atoms with Gasteiger partial charge in [0, 0.05) is 17.6 Å². The van der Waals surface area contributed by atoms with Gasteiger partial charge in [0.25, 0.3) is 0 Å². The summed E-state index contributed by atoms with van der Waals surface area (Å²) in [6, 6.07) is 4.69. The zero-order chi connectivity index (χ0) is 29.4. The average Bonchev–Trinajstić information content (AvgIpc) is 2.98. The first-order valence-electron chi connectivity index (χ1n) is 13.9. The molecular formula is C29H46BFN2O6. The first-order chi connectivity index (χ1) is 17.8. The molecule has 1 heterocycles. The lowest BCUT2D eigenvalue weighted by molar-refractivity contribution is 0.00578. The van der Waals surface area contributed by atoms with Gasteiger partial charge in [-0.15, -0.1) is 0 Å². The van der Waals surface area contributed by atoms with Gasteiger partial charge in [-0.1, -0.05) is 12.1 Å². The van der Waals surface area contributed by atoms with Crippen molar-refractivity contribution in [2.24, 2.45) is 0 Å². The molecule has 1 saturated heterocycles. The molecule has 1 aliphatic carbocycles. The van der Waals surface area contributed by atoms with E-state index in [0.717, 1.165) is 0 Å². The Kier molecular flexibility index (Phi) is 9.02. The van der Waals surface area contributed by atoms with Crippen LogP contribution in [0.2, 0.25) is 0 Å². The first kappa shape index (κ1) is 31.2. The van der Waals surface area contributed by atoms with Gasteiger partial charge in [0.15, 0.2) is 0 Å². The molecule has 0 radical (unpaired) electrons. The van der Waals surface area contributed by atoms with E-state index in [-0.39, 0.29) is 18.6 Å². The Labute approximate surface area is 233 Å². The van der Waals surface area contributed by atoms with Crippen LogP contribution in [-0.2, 0) is 25.3 Å². The largest absolute Gasteiger partial charge is 0.494 e. The number of nitrogens with zero attached hydrogens (tertiary/aromatic N) is 1. The fourth-order valence-corrected chi connectivity index (χ4v) is 4.67. The number of hydrogen-bond donors (Lipinski definition) is 1. The van der Waals surface area contributed by atoms with Crippen molar-refractivity contribution < 1.29 is 32.8 Å². The van der Waals surface area contributed by atoms with Crippen LogP contribution in [0.3, 0.4) is 0 Å². The highest BCUT2D eigenvalue weighted by molar-refractivity contribution is 6.62. The lowest BCUT2D eigenvalue weighted by Gasteiger charge is -2.38. The molecule has 2 aliphatic rings. The number of benzene rings is 1. The Morgan fingerprint density at radius 3 is 2.00 bits per heavy atom. The lowest BCUT2D eigenvalue weighted by atomic mass is 9.78. The van der Waals surface area contributed by atoms with E-state index in [0.29, 0.717) is 36.7 Å². The fraction of sp³-hybridized carbons (Fsp3) is 0.724. The van der Waals surface area contributed by atoms with Crippen LogP contribution in [0.15, 0.2) is 18.2 Å². The molecule has 2 fully saturated rings. The number of amides is 2. The molecule has 0 spiro atoms. The highest BCUT2D eigenvalue weighted by atomic mass is 19.1. The molecule has 39 heavy (non-hydrogen) atoms. The number of alkyl carbamates (subject to hydrolysis) is 1. The molecule has 1 aliphatic heterocycles. The van der Waals surface area contributed by atoms with Crippen molar-refractivity contribution in [1.29, 1.82) is 0 Å². The van der Waals surface area contributed by atoms with Crippen molar-refractivity contribution in [3.63, 3.8) is 0 Å². The van der Waals surface area contributed by atoms with Crippen molar-refractivity contribution in [2.75, 3.05) is 0 Å². The van der Waals surface area contributed by atoms with Gasteiger partial charge in [0.2, 0.25) is 0 Å². The molecule has 10 heteroatoms. The van der Waals surface area contributed by atoms with Gasteiger partial charge in [-0.05, 0) is 106 Å². The van der Waals surface area contributed by atoms with Crippen molar-refractivity contribution in [2.45, 2.75) is 136 Å². The number of carbonyl (C=O) groups excluding carboxylic acids is 2. The van der Waals surface area contributed by atoms with E-state index in [9.17, 15) is 9.59 Å².